The lowest BCUT2D eigenvalue weighted by Gasteiger charge is -2.05. The van der Waals surface area contributed by atoms with Crippen molar-refractivity contribution in [2.75, 3.05) is 0 Å². The molecule has 4 heterocycles. The first kappa shape index (κ1) is 14.6. The molecule has 0 bridgehead atoms. The first-order chi connectivity index (χ1) is 12.8. The van der Waals surface area contributed by atoms with Crippen LogP contribution in [0.5, 0.6) is 0 Å². The quantitative estimate of drug-likeness (QED) is 0.537. The first-order valence-corrected chi connectivity index (χ1v) is 8.22. The summed E-state index contributed by atoms with van der Waals surface area (Å²) in [5.41, 5.74) is 5.13. The Morgan fingerprint density at radius 2 is 2.04 bits per heavy atom. The number of aromatic nitrogens is 8. The van der Waals surface area contributed by atoms with Crippen LogP contribution in [0.1, 0.15) is 17.0 Å². The zero-order chi connectivity index (χ0) is 17.3. The fourth-order valence-corrected chi connectivity index (χ4v) is 2.96. The first-order valence-electron chi connectivity index (χ1n) is 8.22. The lowest BCUT2D eigenvalue weighted by atomic mass is 10.1. The molecule has 0 aliphatic carbocycles. The van der Waals surface area contributed by atoms with Gasteiger partial charge >= 0.3 is 0 Å². The molecular weight excluding hydrogens is 328 g/mol. The van der Waals surface area contributed by atoms with Crippen molar-refractivity contribution in [2.24, 2.45) is 0 Å². The summed E-state index contributed by atoms with van der Waals surface area (Å²) in [5, 5.41) is 16.3. The normalized spacial score (nSPS) is 11.4. The number of aromatic amines is 1. The average Bonchev–Trinajstić information content (AvgIpc) is 3.32. The number of rotatable bonds is 4. The van der Waals surface area contributed by atoms with Crippen molar-refractivity contribution in [3.8, 4) is 0 Å². The number of pyridine rings is 1. The highest BCUT2D eigenvalue weighted by Crippen LogP contribution is 2.16. The van der Waals surface area contributed by atoms with E-state index in [1.54, 1.807) is 23.3 Å². The van der Waals surface area contributed by atoms with E-state index in [1.807, 2.05) is 30.3 Å². The van der Waals surface area contributed by atoms with Crippen LogP contribution < -0.4 is 0 Å². The Labute approximate surface area is 147 Å². The molecule has 1 aromatic carbocycles. The average molecular weight is 342 g/mol. The monoisotopic (exact) mass is 342 g/mol. The summed E-state index contributed by atoms with van der Waals surface area (Å²) in [4.78, 5) is 13.4. The van der Waals surface area contributed by atoms with Gasteiger partial charge in [-0.3, -0.25) is 10.1 Å². The fraction of sp³-hybridized carbons (Fsp3) is 0.111. The lowest BCUT2D eigenvalue weighted by Crippen LogP contribution is -2.04. The zero-order valence-electron chi connectivity index (χ0n) is 13.7. The van der Waals surface area contributed by atoms with Crippen molar-refractivity contribution in [1.29, 1.82) is 0 Å². The van der Waals surface area contributed by atoms with E-state index in [9.17, 15) is 0 Å². The van der Waals surface area contributed by atoms with Gasteiger partial charge in [0.15, 0.2) is 5.65 Å². The maximum atomic E-state index is 4.68. The van der Waals surface area contributed by atoms with Gasteiger partial charge in [0.1, 0.15) is 0 Å². The molecule has 0 fully saturated rings. The minimum Gasteiger partial charge on any atom is -0.282 e. The predicted octanol–water partition coefficient (Wildman–Crippen LogP) is 2.13. The van der Waals surface area contributed by atoms with E-state index in [0.29, 0.717) is 24.3 Å². The summed E-state index contributed by atoms with van der Waals surface area (Å²) < 4.78 is 1.77. The minimum atomic E-state index is 0.542. The maximum Gasteiger partial charge on any atom is 0.221 e. The molecule has 8 nitrogen and oxygen atoms in total. The molecule has 5 rings (SSSR count). The summed E-state index contributed by atoms with van der Waals surface area (Å²) >= 11 is 0. The topological polar surface area (TPSA) is 98.1 Å². The van der Waals surface area contributed by atoms with Gasteiger partial charge in [0.25, 0.3) is 0 Å². The molecule has 0 spiro atoms. The van der Waals surface area contributed by atoms with Crippen molar-refractivity contribution < 1.29 is 0 Å². The maximum absolute atomic E-state index is 4.68. The van der Waals surface area contributed by atoms with Gasteiger partial charge in [-0.1, -0.05) is 17.3 Å². The highest BCUT2D eigenvalue weighted by molar-refractivity contribution is 5.79. The standard InChI is InChI=1S/C18H14N8/c1-2-13-8-12(3-4-16(13)19-6-1)11-26-18-17(24-25-26)20-10-15(22-18)9-14-5-7-21-23-14/h1-8,10H,9,11H2,(H,21,23). The van der Waals surface area contributed by atoms with Crippen LogP contribution in [0.3, 0.4) is 0 Å². The molecule has 0 radical (unpaired) electrons. The molecule has 0 saturated carbocycles. The number of hydrogen-bond acceptors (Lipinski definition) is 6. The van der Waals surface area contributed by atoms with Crippen molar-refractivity contribution in [3.63, 3.8) is 0 Å². The van der Waals surface area contributed by atoms with Gasteiger partial charge in [-0.25, -0.2) is 14.6 Å². The molecule has 8 heteroatoms. The van der Waals surface area contributed by atoms with E-state index in [0.717, 1.165) is 27.9 Å². The molecule has 5 aromatic rings. The van der Waals surface area contributed by atoms with Gasteiger partial charge in [0.2, 0.25) is 5.65 Å². The largest absolute Gasteiger partial charge is 0.282 e. The molecule has 126 valence electrons. The Morgan fingerprint density at radius 1 is 1.04 bits per heavy atom. The highest BCUT2D eigenvalue weighted by atomic mass is 15.4. The van der Waals surface area contributed by atoms with Crippen LogP contribution in [0.25, 0.3) is 22.2 Å². The van der Waals surface area contributed by atoms with E-state index in [4.69, 9.17) is 0 Å². The van der Waals surface area contributed by atoms with Crippen molar-refractivity contribution in [2.45, 2.75) is 13.0 Å². The summed E-state index contributed by atoms with van der Waals surface area (Å²) in [7, 11) is 0. The highest BCUT2D eigenvalue weighted by Gasteiger charge is 2.10. The molecule has 0 aliphatic heterocycles. The Hall–Kier alpha value is -3.68. The predicted molar refractivity (Wildman–Crippen MR) is 95.4 cm³/mol. The van der Waals surface area contributed by atoms with Gasteiger partial charge in [0, 0.05) is 29.9 Å². The lowest BCUT2D eigenvalue weighted by molar-refractivity contribution is 0.663. The van der Waals surface area contributed by atoms with Crippen molar-refractivity contribution in [1.82, 2.24) is 40.1 Å². The number of nitrogens with one attached hydrogen (secondary N) is 1. The number of fused-ring (bicyclic) bond motifs is 2. The summed E-state index contributed by atoms with van der Waals surface area (Å²) in [6.07, 6.45) is 5.88. The van der Waals surface area contributed by atoms with Crippen LogP contribution in [0.2, 0.25) is 0 Å². The molecule has 0 atom stereocenters. The Kier molecular flexibility index (Phi) is 3.38. The fourth-order valence-electron chi connectivity index (χ4n) is 2.96. The van der Waals surface area contributed by atoms with Gasteiger partial charge < -0.3 is 0 Å². The van der Waals surface area contributed by atoms with E-state index in [-0.39, 0.29) is 0 Å². The number of benzene rings is 1. The third kappa shape index (κ3) is 2.67. The second kappa shape index (κ2) is 5.99. The molecule has 0 saturated heterocycles. The number of nitrogens with zero attached hydrogens (tertiary/aromatic N) is 7. The third-order valence-electron chi connectivity index (χ3n) is 4.21. The second-order valence-corrected chi connectivity index (χ2v) is 6.04. The Bertz CT molecular complexity index is 1190. The van der Waals surface area contributed by atoms with Crippen LogP contribution >= 0.6 is 0 Å². The number of H-pyrrole nitrogens is 1. The second-order valence-electron chi connectivity index (χ2n) is 6.04. The third-order valence-corrected chi connectivity index (χ3v) is 4.21. The van der Waals surface area contributed by atoms with Crippen LogP contribution in [-0.4, -0.2) is 40.1 Å². The Morgan fingerprint density at radius 3 is 2.96 bits per heavy atom. The number of hydrogen-bond donors (Lipinski definition) is 1. The summed E-state index contributed by atoms with van der Waals surface area (Å²) in [6, 6.07) is 12.1. The molecule has 1 N–H and O–H groups in total. The van der Waals surface area contributed by atoms with Gasteiger partial charge in [-0.2, -0.15) is 5.10 Å². The van der Waals surface area contributed by atoms with E-state index in [2.05, 4.69) is 41.5 Å². The van der Waals surface area contributed by atoms with Crippen molar-refractivity contribution in [3.05, 3.63) is 71.9 Å². The van der Waals surface area contributed by atoms with Crippen LogP contribution in [0.15, 0.2) is 55.0 Å². The Balaban J connectivity index is 1.49. The molecular formula is C18H14N8. The van der Waals surface area contributed by atoms with Gasteiger partial charge in [-0.15, -0.1) is 5.10 Å². The minimum absolute atomic E-state index is 0.542. The van der Waals surface area contributed by atoms with E-state index in [1.165, 1.54) is 0 Å². The van der Waals surface area contributed by atoms with Crippen LogP contribution in [0.4, 0.5) is 0 Å². The van der Waals surface area contributed by atoms with E-state index < -0.39 is 0 Å². The molecule has 0 aliphatic rings. The van der Waals surface area contributed by atoms with Crippen LogP contribution in [-0.2, 0) is 13.0 Å². The smallest absolute Gasteiger partial charge is 0.221 e. The van der Waals surface area contributed by atoms with E-state index >= 15 is 0 Å². The SMILES string of the molecule is c1cnc2ccc(Cn3nnc4ncc(Cc5ccn[nH]5)nc43)cc2c1. The zero-order valence-corrected chi connectivity index (χ0v) is 13.7. The van der Waals surface area contributed by atoms with Gasteiger partial charge in [-0.05, 0) is 29.8 Å². The van der Waals surface area contributed by atoms with Crippen LogP contribution in [0, 0.1) is 0 Å². The van der Waals surface area contributed by atoms with Crippen molar-refractivity contribution >= 4 is 22.2 Å². The molecule has 0 amide bonds. The molecule has 0 unspecified atom stereocenters. The summed E-state index contributed by atoms with van der Waals surface area (Å²) in [6.45, 7) is 0.573. The molecule has 4 aromatic heterocycles. The summed E-state index contributed by atoms with van der Waals surface area (Å²) in [5.74, 6) is 0. The molecule has 26 heavy (non-hydrogen) atoms. The van der Waals surface area contributed by atoms with Gasteiger partial charge in [0.05, 0.1) is 24.0 Å².